The number of rotatable bonds is 4. The topological polar surface area (TPSA) is 80.2 Å². The molecule has 10 heteroatoms. The van der Waals surface area contributed by atoms with Crippen LogP contribution in [0.2, 0.25) is 0 Å². The fourth-order valence-electron chi connectivity index (χ4n) is 5.43. The van der Waals surface area contributed by atoms with E-state index in [-0.39, 0.29) is 68.5 Å². The molecule has 8 nitrogen and oxygen atoms in total. The van der Waals surface area contributed by atoms with Gasteiger partial charge in [0.2, 0.25) is 0 Å². The number of halogens is 2. The van der Waals surface area contributed by atoms with Crippen molar-refractivity contribution in [3.05, 3.63) is 47.5 Å². The summed E-state index contributed by atoms with van der Waals surface area (Å²) in [5, 5.41) is 12.7. The standard InChI is InChI=1S/C28H24F2N4O4/c1-5-17-20(29)9-8-15-11-16(35)12-18(23(15)17)19-13-22-24-26(25(19)30)31-28(32-27(24)34(4)38-37-22)36-14(2)21-7-6-10-33(21)3/h1,8-9,11-14,21,35H,6-7,10H2,2-4H3/t14-,21-/m0/s1. The average Bonchev–Trinajstić information content (AvgIpc) is 3.33. The third-order valence-corrected chi connectivity index (χ3v) is 7.27. The maximum Gasteiger partial charge on any atom is 0.319 e. The summed E-state index contributed by atoms with van der Waals surface area (Å²) in [5.74, 6) is 1.24. The van der Waals surface area contributed by atoms with Crippen LogP contribution in [-0.2, 0) is 4.99 Å². The van der Waals surface area contributed by atoms with Crippen LogP contribution in [0.4, 0.5) is 14.6 Å². The normalized spacial score (nSPS) is 18.0. The number of hydrogen-bond acceptors (Lipinski definition) is 8. The molecule has 2 aliphatic heterocycles. The highest BCUT2D eigenvalue weighted by Gasteiger charge is 2.32. The van der Waals surface area contributed by atoms with Gasteiger partial charge in [-0.1, -0.05) is 17.0 Å². The van der Waals surface area contributed by atoms with Gasteiger partial charge in [0.1, 0.15) is 23.2 Å². The molecule has 0 bridgehead atoms. The van der Waals surface area contributed by atoms with E-state index >= 15 is 4.39 Å². The van der Waals surface area contributed by atoms with Crippen LogP contribution >= 0.6 is 0 Å². The van der Waals surface area contributed by atoms with Gasteiger partial charge in [0.25, 0.3) is 0 Å². The Hall–Kier alpha value is -4.20. The predicted octanol–water partition coefficient (Wildman–Crippen LogP) is 4.95. The molecule has 2 atom stereocenters. The first kappa shape index (κ1) is 24.2. The van der Waals surface area contributed by atoms with E-state index in [4.69, 9.17) is 21.0 Å². The Morgan fingerprint density at radius 1 is 1.16 bits per heavy atom. The monoisotopic (exact) mass is 518 g/mol. The summed E-state index contributed by atoms with van der Waals surface area (Å²) >= 11 is 0. The van der Waals surface area contributed by atoms with Crippen molar-refractivity contribution in [1.29, 1.82) is 0 Å². The first-order valence-corrected chi connectivity index (χ1v) is 12.2. The number of nitrogens with zero attached hydrogens (tertiary/aromatic N) is 4. The average molecular weight is 519 g/mol. The third kappa shape index (κ3) is 3.74. The van der Waals surface area contributed by atoms with Crippen molar-refractivity contribution in [2.24, 2.45) is 0 Å². The molecular weight excluding hydrogens is 494 g/mol. The van der Waals surface area contributed by atoms with Gasteiger partial charge in [-0.3, -0.25) is 4.90 Å². The van der Waals surface area contributed by atoms with E-state index in [2.05, 4.69) is 20.8 Å². The van der Waals surface area contributed by atoms with E-state index in [1.54, 1.807) is 7.05 Å². The van der Waals surface area contributed by atoms with Gasteiger partial charge in [0, 0.05) is 24.0 Å². The molecule has 194 valence electrons. The Morgan fingerprint density at radius 3 is 2.71 bits per heavy atom. The van der Waals surface area contributed by atoms with Gasteiger partial charge in [-0.15, -0.1) is 6.42 Å². The predicted molar refractivity (Wildman–Crippen MR) is 138 cm³/mol. The molecule has 0 spiro atoms. The number of phenolic OH excluding ortho intramolecular Hbond substituents is 1. The van der Waals surface area contributed by atoms with E-state index in [9.17, 15) is 9.50 Å². The Bertz CT molecular complexity index is 1650. The van der Waals surface area contributed by atoms with Gasteiger partial charge < -0.3 is 14.7 Å². The summed E-state index contributed by atoms with van der Waals surface area (Å²) in [6, 6.07) is 6.99. The van der Waals surface area contributed by atoms with Crippen LogP contribution in [0.25, 0.3) is 32.8 Å². The van der Waals surface area contributed by atoms with Crippen LogP contribution in [0.1, 0.15) is 25.3 Å². The number of hydroxylamine groups is 1. The smallest absolute Gasteiger partial charge is 0.319 e. The van der Waals surface area contributed by atoms with E-state index in [0.717, 1.165) is 19.4 Å². The zero-order chi connectivity index (χ0) is 26.7. The van der Waals surface area contributed by atoms with Gasteiger partial charge in [-0.05, 0) is 68.6 Å². The number of phenols is 1. The van der Waals surface area contributed by atoms with E-state index in [1.165, 1.54) is 35.4 Å². The van der Waals surface area contributed by atoms with E-state index in [1.807, 2.05) is 14.0 Å². The number of fused-ring (bicyclic) bond motifs is 1. The minimum Gasteiger partial charge on any atom is -0.508 e. The summed E-state index contributed by atoms with van der Waals surface area (Å²) in [6.45, 7) is 2.90. The molecule has 1 saturated heterocycles. The lowest BCUT2D eigenvalue weighted by atomic mass is 9.92. The van der Waals surface area contributed by atoms with Crippen LogP contribution in [0, 0.1) is 24.0 Å². The van der Waals surface area contributed by atoms with Crippen molar-refractivity contribution in [2.45, 2.75) is 31.9 Å². The largest absolute Gasteiger partial charge is 0.508 e. The van der Waals surface area contributed by atoms with Gasteiger partial charge in [0.05, 0.1) is 10.9 Å². The first-order chi connectivity index (χ1) is 18.3. The lowest BCUT2D eigenvalue weighted by Crippen LogP contribution is -2.38. The molecule has 0 unspecified atom stereocenters. The van der Waals surface area contributed by atoms with Crippen molar-refractivity contribution in [1.82, 2.24) is 14.9 Å². The van der Waals surface area contributed by atoms with Gasteiger partial charge in [0.15, 0.2) is 17.4 Å². The zero-order valence-electron chi connectivity index (χ0n) is 21.0. The minimum absolute atomic E-state index is 0.0113. The number of ether oxygens (including phenoxy) is 1. The van der Waals surface area contributed by atoms with Crippen LogP contribution in [0.15, 0.2) is 30.3 Å². The second-order valence-corrected chi connectivity index (χ2v) is 9.62. The third-order valence-electron chi connectivity index (χ3n) is 7.27. The van der Waals surface area contributed by atoms with Crippen molar-refractivity contribution in [3.63, 3.8) is 0 Å². The van der Waals surface area contributed by atoms with Gasteiger partial charge in [-0.25, -0.2) is 8.78 Å². The summed E-state index contributed by atoms with van der Waals surface area (Å²) < 4.78 is 37.1. The highest BCUT2D eigenvalue weighted by molar-refractivity contribution is 6.05. The molecule has 1 aromatic heterocycles. The summed E-state index contributed by atoms with van der Waals surface area (Å²) in [6.07, 6.45) is 7.40. The Labute approximate surface area is 217 Å². The number of anilines is 1. The zero-order valence-corrected chi connectivity index (χ0v) is 21.0. The van der Waals surface area contributed by atoms with Crippen LogP contribution in [0.3, 0.4) is 0 Å². The molecule has 1 fully saturated rings. The Morgan fingerprint density at radius 2 is 1.97 bits per heavy atom. The highest BCUT2D eigenvalue weighted by Crippen LogP contribution is 2.45. The highest BCUT2D eigenvalue weighted by atomic mass is 19.1. The van der Waals surface area contributed by atoms with Gasteiger partial charge in [-0.2, -0.15) is 15.0 Å². The first-order valence-electron chi connectivity index (χ1n) is 12.2. The molecule has 3 aromatic carbocycles. The number of aromatic nitrogens is 2. The molecule has 2 aliphatic rings. The van der Waals surface area contributed by atoms with Crippen molar-refractivity contribution in [2.75, 3.05) is 25.7 Å². The molecule has 38 heavy (non-hydrogen) atoms. The second kappa shape index (κ2) is 8.97. The van der Waals surface area contributed by atoms with Crippen molar-refractivity contribution < 1.29 is 28.5 Å². The maximum absolute atomic E-state index is 16.4. The maximum atomic E-state index is 16.4. The molecule has 4 aromatic rings. The quantitative estimate of drug-likeness (QED) is 0.300. The molecule has 0 radical (unpaired) electrons. The second-order valence-electron chi connectivity index (χ2n) is 9.62. The number of benzene rings is 3. The molecule has 6 rings (SSSR count). The van der Waals surface area contributed by atoms with Crippen molar-refractivity contribution >= 4 is 27.5 Å². The number of aromatic hydroxyl groups is 1. The minimum atomic E-state index is -0.735. The summed E-state index contributed by atoms with van der Waals surface area (Å²) in [5.41, 5.74) is 0.0382. The molecular formula is C28H24F2N4O4. The van der Waals surface area contributed by atoms with Crippen LogP contribution < -0.4 is 14.7 Å². The number of likely N-dealkylation sites (N-methyl/N-ethyl adjacent to an activating group) is 1. The fourth-order valence-corrected chi connectivity index (χ4v) is 5.43. The molecule has 0 saturated carbocycles. The SMILES string of the molecule is C#Cc1c(F)ccc2cc(O)cc(-c3cc4c5c(nc(O[C@@H](C)[C@@H]6CCCN6C)nc5c3F)N(C)OO4)c12. The molecule has 0 amide bonds. The van der Waals surface area contributed by atoms with Crippen molar-refractivity contribution in [3.8, 4) is 41.0 Å². The molecule has 3 heterocycles. The molecule has 0 aliphatic carbocycles. The van der Waals surface area contributed by atoms with Crippen LogP contribution in [-0.4, -0.2) is 52.8 Å². The lowest BCUT2D eigenvalue weighted by molar-refractivity contribution is -0.217. The van der Waals surface area contributed by atoms with E-state index in [0.29, 0.717) is 5.39 Å². The molecule has 1 N–H and O–H groups in total. The summed E-state index contributed by atoms with van der Waals surface area (Å²) in [4.78, 5) is 21.8. The fraction of sp³-hybridized carbons (Fsp3) is 0.286. The number of terminal acetylenes is 1. The summed E-state index contributed by atoms with van der Waals surface area (Å²) in [7, 11) is 3.60. The number of hydrogen-bond donors (Lipinski definition) is 1. The van der Waals surface area contributed by atoms with Gasteiger partial charge >= 0.3 is 6.01 Å². The Kier molecular flexibility index (Phi) is 5.70. The van der Waals surface area contributed by atoms with Crippen LogP contribution in [0.5, 0.6) is 17.5 Å². The number of likely N-dealkylation sites (tertiary alicyclic amines) is 1. The lowest BCUT2D eigenvalue weighted by Gasteiger charge is -2.28. The Balaban J connectivity index is 1.58. The van der Waals surface area contributed by atoms with E-state index < -0.39 is 11.6 Å².